The average Bonchev–Trinajstić information content (AvgIpc) is 2.25. The SMILES string of the molecule is CNC(CCS)c1ccc(C(C)(C)C)cc1. The summed E-state index contributed by atoms with van der Waals surface area (Å²) in [6.45, 7) is 6.72. The van der Waals surface area contributed by atoms with Crippen LogP contribution in [0, 0.1) is 0 Å². The van der Waals surface area contributed by atoms with Gasteiger partial charge in [-0.1, -0.05) is 45.0 Å². The number of benzene rings is 1. The highest BCUT2D eigenvalue weighted by atomic mass is 32.1. The molecule has 1 atom stereocenters. The first-order valence-electron chi connectivity index (χ1n) is 5.87. The first kappa shape index (κ1) is 13.6. The summed E-state index contributed by atoms with van der Waals surface area (Å²) >= 11 is 4.29. The van der Waals surface area contributed by atoms with E-state index in [1.165, 1.54) is 11.1 Å². The maximum atomic E-state index is 4.29. The molecule has 0 aromatic heterocycles. The molecule has 0 aliphatic carbocycles. The van der Waals surface area contributed by atoms with E-state index in [2.05, 4.69) is 63.0 Å². The molecule has 1 N–H and O–H groups in total. The Morgan fingerprint density at radius 1 is 1.19 bits per heavy atom. The fourth-order valence-corrected chi connectivity index (χ4v) is 2.08. The van der Waals surface area contributed by atoms with Crippen molar-refractivity contribution in [3.8, 4) is 0 Å². The maximum absolute atomic E-state index is 4.29. The van der Waals surface area contributed by atoms with Crippen molar-refractivity contribution in [1.82, 2.24) is 5.32 Å². The average molecular weight is 237 g/mol. The lowest BCUT2D eigenvalue weighted by molar-refractivity contribution is 0.574. The van der Waals surface area contributed by atoms with E-state index in [9.17, 15) is 0 Å². The molecule has 0 saturated heterocycles. The number of hydrogen-bond acceptors (Lipinski definition) is 2. The molecule has 0 saturated carbocycles. The minimum Gasteiger partial charge on any atom is -0.313 e. The Kier molecular flexibility index (Phi) is 4.88. The van der Waals surface area contributed by atoms with Crippen LogP contribution in [0.4, 0.5) is 0 Å². The van der Waals surface area contributed by atoms with Crippen molar-refractivity contribution in [2.45, 2.75) is 38.6 Å². The van der Waals surface area contributed by atoms with E-state index in [1.54, 1.807) is 0 Å². The van der Waals surface area contributed by atoms with Gasteiger partial charge >= 0.3 is 0 Å². The minimum absolute atomic E-state index is 0.233. The minimum atomic E-state index is 0.233. The molecule has 0 aliphatic heterocycles. The first-order valence-corrected chi connectivity index (χ1v) is 6.51. The van der Waals surface area contributed by atoms with E-state index in [0.717, 1.165) is 12.2 Å². The molecule has 0 amide bonds. The van der Waals surface area contributed by atoms with Gasteiger partial charge in [-0.2, -0.15) is 12.6 Å². The molecule has 1 rings (SSSR count). The summed E-state index contributed by atoms with van der Waals surface area (Å²) in [6.07, 6.45) is 1.06. The Bertz CT molecular complexity index is 311. The van der Waals surface area contributed by atoms with Crippen molar-refractivity contribution in [3.63, 3.8) is 0 Å². The highest BCUT2D eigenvalue weighted by Gasteiger charge is 2.14. The van der Waals surface area contributed by atoms with E-state index in [4.69, 9.17) is 0 Å². The molecule has 90 valence electrons. The van der Waals surface area contributed by atoms with Crippen LogP contribution in [0.15, 0.2) is 24.3 Å². The fraction of sp³-hybridized carbons (Fsp3) is 0.571. The molecular weight excluding hydrogens is 214 g/mol. The Morgan fingerprint density at radius 2 is 1.75 bits per heavy atom. The van der Waals surface area contributed by atoms with Crippen molar-refractivity contribution in [1.29, 1.82) is 0 Å². The smallest absolute Gasteiger partial charge is 0.0325 e. The first-order chi connectivity index (χ1) is 7.49. The largest absolute Gasteiger partial charge is 0.313 e. The monoisotopic (exact) mass is 237 g/mol. The summed E-state index contributed by atoms with van der Waals surface area (Å²) in [5.74, 6) is 0.909. The topological polar surface area (TPSA) is 12.0 Å². The number of nitrogens with one attached hydrogen (secondary N) is 1. The third-order valence-electron chi connectivity index (χ3n) is 2.95. The Balaban J connectivity index is 2.85. The summed E-state index contributed by atoms with van der Waals surface area (Å²) in [6, 6.07) is 9.35. The van der Waals surface area contributed by atoms with Gasteiger partial charge in [0.1, 0.15) is 0 Å². The second kappa shape index (κ2) is 5.74. The van der Waals surface area contributed by atoms with Gasteiger partial charge in [0.05, 0.1) is 0 Å². The van der Waals surface area contributed by atoms with Gasteiger partial charge in [-0.25, -0.2) is 0 Å². The van der Waals surface area contributed by atoms with Crippen LogP contribution in [0.1, 0.15) is 44.4 Å². The van der Waals surface area contributed by atoms with Crippen LogP contribution < -0.4 is 5.32 Å². The summed E-state index contributed by atoms with van der Waals surface area (Å²) in [4.78, 5) is 0. The van der Waals surface area contributed by atoms with Crippen molar-refractivity contribution in [3.05, 3.63) is 35.4 Å². The van der Waals surface area contributed by atoms with Gasteiger partial charge in [0.2, 0.25) is 0 Å². The third-order valence-corrected chi connectivity index (χ3v) is 3.20. The summed E-state index contributed by atoms with van der Waals surface area (Å²) in [7, 11) is 2.01. The van der Waals surface area contributed by atoms with Gasteiger partial charge in [-0.15, -0.1) is 0 Å². The van der Waals surface area contributed by atoms with Crippen molar-refractivity contribution < 1.29 is 0 Å². The van der Waals surface area contributed by atoms with Crippen molar-refractivity contribution in [2.24, 2.45) is 0 Å². The number of thiol groups is 1. The zero-order chi connectivity index (χ0) is 12.2. The number of hydrogen-bond donors (Lipinski definition) is 2. The third kappa shape index (κ3) is 3.53. The van der Waals surface area contributed by atoms with Crippen LogP contribution in [-0.4, -0.2) is 12.8 Å². The van der Waals surface area contributed by atoms with Crippen LogP contribution in [0.25, 0.3) is 0 Å². The van der Waals surface area contributed by atoms with Gasteiger partial charge in [0.15, 0.2) is 0 Å². The van der Waals surface area contributed by atoms with E-state index in [1.807, 2.05) is 7.05 Å². The fourth-order valence-electron chi connectivity index (χ4n) is 1.82. The highest BCUT2D eigenvalue weighted by Crippen LogP contribution is 2.24. The van der Waals surface area contributed by atoms with Gasteiger partial charge in [0, 0.05) is 6.04 Å². The van der Waals surface area contributed by atoms with Crippen molar-refractivity contribution >= 4 is 12.6 Å². The maximum Gasteiger partial charge on any atom is 0.0325 e. The summed E-state index contributed by atoms with van der Waals surface area (Å²) in [5, 5.41) is 3.33. The van der Waals surface area contributed by atoms with E-state index >= 15 is 0 Å². The van der Waals surface area contributed by atoms with Crippen LogP contribution >= 0.6 is 12.6 Å². The van der Waals surface area contributed by atoms with E-state index < -0.39 is 0 Å². The highest BCUT2D eigenvalue weighted by molar-refractivity contribution is 7.80. The lowest BCUT2D eigenvalue weighted by Gasteiger charge is -2.21. The summed E-state index contributed by atoms with van der Waals surface area (Å²) < 4.78 is 0. The molecule has 0 fully saturated rings. The predicted molar refractivity (Wildman–Crippen MR) is 75.4 cm³/mol. The molecule has 1 aromatic rings. The zero-order valence-corrected chi connectivity index (χ0v) is 11.6. The van der Waals surface area contributed by atoms with Crippen molar-refractivity contribution in [2.75, 3.05) is 12.8 Å². The van der Waals surface area contributed by atoms with Gasteiger partial charge in [0.25, 0.3) is 0 Å². The molecule has 16 heavy (non-hydrogen) atoms. The Labute approximate surface area is 105 Å². The molecule has 0 aliphatic rings. The molecule has 0 bridgehead atoms. The zero-order valence-electron chi connectivity index (χ0n) is 10.7. The van der Waals surface area contributed by atoms with Gasteiger partial charge in [-0.3, -0.25) is 0 Å². The molecule has 1 aromatic carbocycles. The van der Waals surface area contributed by atoms with E-state index in [-0.39, 0.29) is 5.41 Å². The van der Waals surface area contributed by atoms with Crippen LogP contribution in [0.2, 0.25) is 0 Å². The van der Waals surface area contributed by atoms with Gasteiger partial charge in [-0.05, 0) is 35.8 Å². The second-order valence-electron chi connectivity index (χ2n) is 5.23. The Hall–Kier alpha value is -0.470. The summed E-state index contributed by atoms with van der Waals surface area (Å²) in [5.41, 5.74) is 2.97. The second-order valence-corrected chi connectivity index (χ2v) is 5.67. The normalized spacial score (nSPS) is 13.8. The molecule has 1 unspecified atom stereocenters. The van der Waals surface area contributed by atoms with Crippen LogP contribution in [-0.2, 0) is 5.41 Å². The van der Waals surface area contributed by atoms with Crippen LogP contribution in [0.3, 0.4) is 0 Å². The van der Waals surface area contributed by atoms with E-state index in [0.29, 0.717) is 6.04 Å². The molecular formula is C14H23NS. The number of rotatable bonds is 4. The Morgan fingerprint density at radius 3 is 2.12 bits per heavy atom. The molecule has 2 heteroatoms. The lowest BCUT2D eigenvalue weighted by atomic mass is 9.86. The standard InChI is InChI=1S/C14H23NS/c1-14(2,3)12-7-5-11(6-8-12)13(15-4)9-10-16/h5-8,13,15-16H,9-10H2,1-4H3. The molecule has 0 radical (unpaired) electrons. The lowest BCUT2D eigenvalue weighted by Crippen LogP contribution is -2.17. The molecule has 0 spiro atoms. The van der Waals surface area contributed by atoms with Crippen LogP contribution in [0.5, 0.6) is 0 Å². The molecule has 0 heterocycles. The van der Waals surface area contributed by atoms with Gasteiger partial charge < -0.3 is 5.32 Å². The quantitative estimate of drug-likeness (QED) is 0.763. The molecule has 1 nitrogen and oxygen atoms in total. The predicted octanol–water partition coefficient (Wildman–Crippen LogP) is 3.56.